The van der Waals surface area contributed by atoms with Crippen LogP contribution >= 0.6 is 11.6 Å². The number of halogens is 1. The molecule has 9 nitrogen and oxygen atoms in total. The van der Waals surface area contributed by atoms with E-state index in [2.05, 4.69) is 20.6 Å². The van der Waals surface area contributed by atoms with E-state index in [1.54, 1.807) is 49.8 Å². The third kappa shape index (κ3) is 4.29. The Balaban J connectivity index is 1.72. The van der Waals surface area contributed by atoms with E-state index in [4.69, 9.17) is 16.3 Å². The first-order chi connectivity index (χ1) is 13.7. The molecule has 1 amide bonds. The fraction of sp³-hybridized carbons (Fsp3) is 0.316. The molecule has 0 radical (unpaired) electrons. The molecule has 0 spiro atoms. The summed E-state index contributed by atoms with van der Waals surface area (Å²) in [7, 11) is 1.79. The van der Waals surface area contributed by atoms with Gasteiger partial charge in [-0.25, -0.2) is 4.79 Å². The highest BCUT2D eigenvalue weighted by Crippen LogP contribution is 2.19. The average molecular weight is 417 g/mol. The van der Waals surface area contributed by atoms with E-state index in [1.165, 1.54) is 11.7 Å². The molecule has 0 bridgehead atoms. The van der Waals surface area contributed by atoms with Gasteiger partial charge in [-0.3, -0.25) is 9.48 Å². The number of aryl methyl sites for hydroxylation is 3. The van der Waals surface area contributed by atoms with Crippen LogP contribution in [0.2, 0.25) is 5.02 Å². The van der Waals surface area contributed by atoms with Gasteiger partial charge in [0.1, 0.15) is 0 Å². The van der Waals surface area contributed by atoms with Crippen LogP contribution in [0.15, 0.2) is 24.3 Å². The van der Waals surface area contributed by atoms with Crippen molar-refractivity contribution in [1.29, 1.82) is 0 Å². The summed E-state index contributed by atoms with van der Waals surface area (Å²) in [5.41, 5.74) is 3.09. The number of aromatic nitrogens is 5. The predicted octanol–water partition coefficient (Wildman–Crippen LogP) is 2.76. The lowest BCUT2D eigenvalue weighted by molar-refractivity contribution is -0.123. The summed E-state index contributed by atoms with van der Waals surface area (Å²) in [6, 6.07) is 6.91. The Bertz CT molecular complexity index is 1090. The van der Waals surface area contributed by atoms with Crippen LogP contribution in [0, 0.1) is 20.8 Å². The van der Waals surface area contributed by atoms with Gasteiger partial charge in [-0.15, -0.1) is 5.10 Å². The first-order valence-corrected chi connectivity index (χ1v) is 9.27. The van der Waals surface area contributed by atoms with E-state index in [0.29, 0.717) is 27.8 Å². The summed E-state index contributed by atoms with van der Waals surface area (Å²) in [6.07, 6.45) is -1.03. The molecule has 1 N–H and O–H groups in total. The second-order valence-corrected chi connectivity index (χ2v) is 7.05. The van der Waals surface area contributed by atoms with Crippen molar-refractivity contribution >= 4 is 29.2 Å². The number of rotatable bonds is 5. The standard InChI is InChI=1S/C19H21ClN6O3/c1-10-16(12(3)25(5)22-10)21-18(27)13(4)29-19(28)17-11(2)23-26(24-17)15-8-6-7-14(20)9-15/h6-9,13H,1-5H3,(H,21,27)/t13-/m0/s1. The SMILES string of the molecule is Cc1nn(-c2cccc(Cl)c2)nc1C(=O)O[C@@H](C)C(=O)Nc1c(C)nn(C)c1C. The smallest absolute Gasteiger partial charge is 0.361 e. The topological polar surface area (TPSA) is 104 Å². The minimum Gasteiger partial charge on any atom is -0.448 e. The fourth-order valence-corrected chi connectivity index (χ4v) is 2.92. The van der Waals surface area contributed by atoms with Crippen LogP contribution in [0.5, 0.6) is 0 Å². The molecular weight excluding hydrogens is 396 g/mol. The highest BCUT2D eigenvalue weighted by molar-refractivity contribution is 6.30. The van der Waals surface area contributed by atoms with Crippen molar-refractivity contribution in [3.63, 3.8) is 0 Å². The molecule has 0 saturated carbocycles. The minimum absolute atomic E-state index is 0.0263. The monoisotopic (exact) mass is 416 g/mol. The van der Waals surface area contributed by atoms with Crippen LogP contribution in [0.1, 0.15) is 34.5 Å². The number of hydrogen-bond donors (Lipinski definition) is 1. The maximum absolute atomic E-state index is 12.5. The summed E-state index contributed by atoms with van der Waals surface area (Å²) in [4.78, 5) is 26.3. The zero-order chi connectivity index (χ0) is 21.3. The second-order valence-electron chi connectivity index (χ2n) is 6.61. The number of amides is 1. The van der Waals surface area contributed by atoms with Crippen molar-refractivity contribution in [1.82, 2.24) is 24.8 Å². The summed E-state index contributed by atoms with van der Waals surface area (Å²) in [5.74, 6) is -1.20. The van der Waals surface area contributed by atoms with Crippen LogP contribution in [-0.4, -0.2) is 42.8 Å². The number of benzene rings is 1. The van der Waals surface area contributed by atoms with Gasteiger partial charge in [0.25, 0.3) is 5.91 Å². The van der Waals surface area contributed by atoms with Crippen LogP contribution in [0.4, 0.5) is 5.69 Å². The number of ether oxygens (including phenoxy) is 1. The van der Waals surface area contributed by atoms with Crippen LogP contribution < -0.4 is 5.32 Å². The summed E-state index contributed by atoms with van der Waals surface area (Å²) in [6.45, 7) is 6.75. The van der Waals surface area contributed by atoms with E-state index in [-0.39, 0.29) is 5.69 Å². The number of hydrogen-bond acceptors (Lipinski definition) is 6. The Morgan fingerprint density at radius 1 is 1.14 bits per heavy atom. The van der Waals surface area contributed by atoms with Crippen LogP contribution in [-0.2, 0) is 16.6 Å². The van der Waals surface area contributed by atoms with E-state index < -0.39 is 18.0 Å². The Morgan fingerprint density at radius 2 is 1.86 bits per heavy atom. The minimum atomic E-state index is -1.03. The summed E-state index contributed by atoms with van der Waals surface area (Å²) in [5, 5.41) is 15.9. The molecule has 0 aliphatic rings. The van der Waals surface area contributed by atoms with Crippen molar-refractivity contribution in [2.45, 2.75) is 33.8 Å². The van der Waals surface area contributed by atoms with Gasteiger partial charge >= 0.3 is 5.97 Å². The van der Waals surface area contributed by atoms with E-state index in [9.17, 15) is 9.59 Å². The van der Waals surface area contributed by atoms with Gasteiger partial charge in [-0.1, -0.05) is 17.7 Å². The molecule has 2 heterocycles. The third-order valence-electron chi connectivity index (χ3n) is 4.42. The van der Waals surface area contributed by atoms with E-state index in [1.807, 2.05) is 6.92 Å². The molecule has 0 saturated heterocycles. The molecular formula is C19H21ClN6O3. The molecule has 10 heteroatoms. The normalized spacial score (nSPS) is 11.9. The Labute approximate surface area is 172 Å². The van der Waals surface area contributed by atoms with Gasteiger partial charge in [0.2, 0.25) is 0 Å². The zero-order valence-electron chi connectivity index (χ0n) is 16.7. The molecule has 3 rings (SSSR count). The highest BCUT2D eigenvalue weighted by Gasteiger charge is 2.25. The Kier molecular flexibility index (Phi) is 5.69. The largest absolute Gasteiger partial charge is 0.448 e. The van der Waals surface area contributed by atoms with Crippen molar-refractivity contribution in [2.75, 3.05) is 5.32 Å². The molecule has 1 atom stereocenters. The maximum atomic E-state index is 12.5. The lowest BCUT2D eigenvalue weighted by Crippen LogP contribution is -2.30. The van der Waals surface area contributed by atoms with E-state index in [0.717, 1.165) is 5.69 Å². The fourth-order valence-electron chi connectivity index (χ4n) is 2.73. The van der Waals surface area contributed by atoms with Gasteiger partial charge in [0.15, 0.2) is 11.8 Å². The lowest BCUT2D eigenvalue weighted by Gasteiger charge is -2.13. The first kappa shape index (κ1) is 20.5. The zero-order valence-corrected chi connectivity index (χ0v) is 17.5. The quantitative estimate of drug-likeness (QED) is 0.641. The van der Waals surface area contributed by atoms with Crippen LogP contribution in [0.3, 0.4) is 0 Å². The second kappa shape index (κ2) is 8.04. The van der Waals surface area contributed by atoms with Gasteiger partial charge in [0.05, 0.1) is 28.5 Å². The number of carbonyl (C=O) groups excluding carboxylic acids is 2. The summed E-state index contributed by atoms with van der Waals surface area (Å²) >= 11 is 5.99. The van der Waals surface area contributed by atoms with Crippen molar-refractivity contribution in [2.24, 2.45) is 7.05 Å². The molecule has 0 unspecified atom stereocenters. The van der Waals surface area contributed by atoms with Gasteiger partial charge < -0.3 is 10.1 Å². The van der Waals surface area contributed by atoms with Gasteiger partial charge in [-0.2, -0.15) is 15.0 Å². The number of anilines is 1. The molecule has 0 aliphatic heterocycles. The van der Waals surface area contributed by atoms with Gasteiger partial charge in [0, 0.05) is 12.1 Å². The number of nitrogens with one attached hydrogen (secondary N) is 1. The van der Waals surface area contributed by atoms with Crippen molar-refractivity contribution in [3.8, 4) is 5.69 Å². The molecule has 0 fully saturated rings. The third-order valence-corrected chi connectivity index (χ3v) is 4.66. The predicted molar refractivity (Wildman–Crippen MR) is 107 cm³/mol. The average Bonchev–Trinajstić information content (AvgIpc) is 3.16. The maximum Gasteiger partial charge on any atom is 0.361 e. The number of esters is 1. The summed E-state index contributed by atoms with van der Waals surface area (Å²) < 4.78 is 6.96. The van der Waals surface area contributed by atoms with Crippen molar-refractivity contribution in [3.05, 3.63) is 52.1 Å². The Morgan fingerprint density at radius 3 is 2.48 bits per heavy atom. The molecule has 152 valence electrons. The highest BCUT2D eigenvalue weighted by atomic mass is 35.5. The number of carbonyl (C=O) groups is 2. The van der Waals surface area contributed by atoms with Crippen LogP contribution in [0.25, 0.3) is 5.69 Å². The molecule has 29 heavy (non-hydrogen) atoms. The molecule has 0 aliphatic carbocycles. The number of nitrogens with zero attached hydrogens (tertiary/aromatic N) is 5. The molecule has 2 aromatic heterocycles. The Hall–Kier alpha value is -3.20. The van der Waals surface area contributed by atoms with Crippen molar-refractivity contribution < 1.29 is 14.3 Å². The molecule has 3 aromatic rings. The van der Waals surface area contributed by atoms with E-state index >= 15 is 0 Å². The lowest BCUT2D eigenvalue weighted by atomic mass is 10.3. The first-order valence-electron chi connectivity index (χ1n) is 8.89. The van der Waals surface area contributed by atoms with Gasteiger partial charge in [-0.05, 0) is 45.9 Å². The molecule has 1 aromatic carbocycles.